The monoisotopic (exact) mass is 685 g/mol. The van der Waals surface area contributed by atoms with Gasteiger partial charge in [-0.1, -0.05) is 102 Å². The van der Waals surface area contributed by atoms with Crippen molar-refractivity contribution >= 4 is 81.7 Å². The van der Waals surface area contributed by atoms with Gasteiger partial charge in [0.1, 0.15) is 10.9 Å². The third-order valence-corrected chi connectivity index (χ3v) is 8.96. The number of halogens is 3. The Kier molecular flexibility index (Phi) is 11.2. The first-order chi connectivity index (χ1) is 22.3. The van der Waals surface area contributed by atoms with Crippen molar-refractivity contribution in [2.75, 3.05) is 10.6 Å². The average molecular weight is 687 g/mol. The number of carbonyl (C=O) groups is 3. The lowest BCUT2D eigenvalue weighted by Crippen LogP contribution is -2.30. The van der Waals surface area contributed by atoms with E-state index in [2.05, 4.69) is 16.0 Å². The molecule has 0 aliphatic rings. The van der Waals surface area contributed by atoms with E-state index >= 15 is 0 Å². The molecule has 5 rings (SSSR count). The van der Waals surface area contributed by atoms with Crippen molar-refractivity contribution in [3.63, 3.8) is 0 Å². The van der Waals surface area contributed by atoms with Crippen LogP contribution in [-0.4, -0.2) is 17.7 Å². The summed E-state index contributed by atoms with van der Waals surface area (Å²) < 4.78 is 0. The first-order valence-corrected chi connectivity index (χ1v) is 16.0. The minimum Gasteiger partial charge on any atom is -0.323 e. The molecule has 1 unspecified atom stereocenters. The van der Waals surface area contributed by atoms with Gasteiger partial charge in [-0.2, -0.15) is 0 Å². The van der Waals surface area contributed by atoms with Crippen molar-refractivity contribution in [3.8, 4) is 0 Å². The summed E-state index contributed by atoms with van der Waals surface area (Å²) >= 11 is 19.8. The van der Waals surface area contributed by atoms with Gasteiger partial charge in [0, 0.05) is 21.2 Å². The van der Waals surface area contributed by atoms with E-state index in [1.54, 1.807) is 103 Å². The van der Waals surface area contributed by atoms with Crippen molar-refractivity contribution < 1.29 is 14.4 Å². The van der Waals surface area contributed by atoms with Gasteiger partial charge in [0.2, 0.25) is 5.91 Å². The molecule has 0 bridgehead atoms. The predicted molar refractivity (Wildman–Crippen MR) is 189 cm³/mol. The van der Waals surface area contributed by atoms with Crippen molar-refractivity contribution in [3.05, 3.63) is 165 Å². The molecule has 0 aliphatic carbocycles. The Labute approximate surface area is 285 Å². The second-order valence-electron chi connectivity index (χ2n) is 9.91. The number of nitrogens with one attached hydrogen (secondary N) is 3. The molecule has 0 saturated carbocycles. The maximum atomic E-state index is 13.5. The van der Waals surface area contributed by atoms with Crippen LogP contribution in [0.2, 0.25) is 15.1 Å². The lowest BCUT2D eigenvalue weighted by molar-refractivity contribution is -0.116. The van der Waals surface area contributed by atoms with E-state index < -0.39 is 17.1 Å². The molecule has 0 aromatic heterocycles. The Morgan fingerprint density at radius 3 is 2.00 bits per heavy atom. The molecule has 6 nitrogen and oxygen atoms in total. The van der Waals surface area contributed by atoms with E-state index in [0.29, 0.717) is 32.5 Å². The zero-order valence-electron chi connectivity index (χ0n) is 24.0. The highest BCUT2D eigenvalue weighted by atomic mass is 35.5. The standard InChI is InChI=1S/C36H26Cl3N3O3S/c37-26-16-14-23(15-17-26)22-31(42-34(43)25-10-5-2-6-11-25)35(44)40-27-18-20-28(21-19-27)46-33(24-8-3-1-4-9-24)36(45)41-30-13-7-12-29(38)32(30)39/h1-22,33H,(H,40,44)(H,41,45)(H,42,43)/b31-22-. The lowest BCUT2D eigenvalue weighted by atomic mass is 10.1. The molecule has 3 amide bonds. The van der Waals surface area contributed by atoms with E-state index in [1.807, 2.05) is 30.3 Å². The Morgan fingerprint density at radius 2 is 1.33 bits per heavy atom. The van der Waals surface area contributed by atoms with Gasteiger partial charge in [0.05, 0.1) is 15.7 Å². The number of hydrogen-bond acceptors (Lipinski definition) is 4. The number of carbonyl (C=O) groups excluding carboxylic acids is 3. The highest BCUT2D eigenvalue weighted by Gasteiger charge is 2.23. The summed E-state index contributed by atoms with van der Waals surface area (Å²) in [6, 6.07) is 37.0. The number of hydrogen-bond donors (Lipinski definition) is 3. The van der Waals surface area contributed by atoms with E-state index in [-0.39, 0.29) is 16.6 Å². The minimum atomic E-state index is -0.612. The Hall–Kier alpha value is -4.53. The van der Waals surface area contributed by atoms with Crippen LogP contribution in [0.4, 0.5) is 11.4 Å². The van der Waals surface area contributed by atoms with Crippen molar-refractivity contribution in [2.45, 2.75) is 10.1 Å². The molecular formula is C36H26Cl3N3O3S. The van der Waals surface area contributed by atoms with Crippen molar-refractivity contribution in [1.29, 1.82) is 0 Å². The lowest BCUT2D eigenvalue weighted by Gasteiger charge is -2.18. The molecule has 10 heteroatoms. The molecule has 46 heavy (non-hydrogen) atoms. The third-order valence-electron chi connectivity index (χ3n) is 6.63. The molecule has 0 aliphatic heterocycles. The first kappa shape index (κ1) is 32.9. The van der Waals surface area contributed by atoms with Crippen LogP contribution in [0.5, 0.6) is 0 Å². The first-order valence-electron chi connectivity index (χ1n) is 14.0. The average Bonchev–Trinajstić information content (AvgIpc) is 3.07. The van der Waals surface area contributed by atoms with Crippen LogP contribution in [0, 0.1) is 0 Å². The maximum absolute atomic E-state index is 13.5. The second kappa shape index (κ2) is 15.7. The number of benzene rings is 5. The van der Waals surface area contributed by atoms with Crippen LogP contribution in [0.25, 0.3) is 6.08 Å². The minimum absolute atomic E-state index is 0.0510. The van der Waals surface area contributed by atoms with Crippen LogP contribution < -0.4 is 16.0 Å². The molecule has 0 spiro atoms. The van der Waals surface area contributed by atoms with Crippen LogP contribution >= 0.6 is 46.6 Å². The molecule has 230 valence electrons. The molecule has 5 aromatic carbocycles. The van der Waals surface area contributed by atoms with Crippen LogP contribution in [-0.2, 0) is 9.59 Å². The number of amides is 3. The SMILES string of the molecule is O=C(Nc1ccc(SC(C(=O)Nc2cccc(Cl)c2Cl)c2ccccc2)cc1)/C(=C/c1ccc(Cl)cc1)NC(=O)c1ccccc1. The smallest absolute Gasteiger partial charge is 0.272 e. The summed E-state index contributed by atoms with van der Waals surface area (Å²) in [6.45, 7) is 0. The van der Waals surface area contributed by atoms with E-state index in [4.69, 9.17) is 34.8 Å². The van der Waals surface area contributed by atoms with Gasteiger partial charge in [-0.25, -0.2) is 0 Å². The summed E-state index contributed by atoms with van der Waals surface area (Å²) in [5.41, 5.74) is 2.85. The van der Waals surface area contributed by atoms with E-state index in [1.165, 1.54) is 11.8 Å². The molecule has 0 radical (unpaired) electrons. The predicted octanol–water partition coefficient (Wildman–Crippen LogP) is 9.53. The fourth-order valence-corrected chi connectivity index (χ4v) is 5.82. The number of thioether (sulfide) groups is 1. The fourth-order valence-electron chi connectivity index (χ4n) is 4.32. The van der Waals surface area contributed by atoms with Gasteiger partial charge in [0.15, 0.2) is 0 Å². The van der Waals surface area contributed by atoms with Gasteiger partial charge in [-0.3, -0.25) is 14.4 Å². The zero-order valence-corrected chi connectivity index (χ0v) is 27.1. The van der Waals surface area contributed by atoms with Crippen LogP contribution in [0.15, 0.2) is 138 Å². The summed E-state index contributed by atoms with van der Waals surface area (Å²) in [6.07, 6.45) is 1.58. The number of anilines is 2. The van der Waals surface area contributed by atoms with E-state index in [0.717, 1.165) is 10.5 Å². The zero-order chi connectivity index (χ0) is 32.5. The van der Waals surface area contributed by atoms with Crippen molar-refractivity contribution in [2.24, 2.45) is 0 Å². The quantitative estimate of drug-likeness (QED) is 0.101. The third kappa shape index (κ3) is 8.80. The Balaban J connectivity index is 1.33. The topological polar surface area (TPSA) is 87.3 Å². The molecule has 0 fully saturated rings. The van der Waals surface area contributed by atoms with Gasteiger partial charge >= 0.3 is 0 Å². The van der Waals surface area contributed by atoms with Gasteiger partial charge in [-0.05, 0) is 77.9 Å². The summed E-state index contributed by atoms with van der Waals surface area (Å²) in [5.74, 6) is -1.21. The maximum Gasteiger partial charge on any atom is 0.272 e. The molecule has 1 atom stereocenters. The summed E-state index contributed by atoms with van der Waals surface area (Å²) in [5, 5.41) is 9.00. The normalized spacial score (nSPS) is 11.8. The highest BCUT2D eigenvalue weighted by molar-refractivity contribution is 8.00. The van der Waals surface area contributed by atoms with Crippen molar-refractivity contribution in [1.82, 2.24) is 5.32 Å². The molecule has 0 heterocycles. The Bertz CT molecular complexity index is 1870. The number of rotatable bonds is 10. The Morgan fingerprint density at radius 1 is 0.674 bits per heavy atom. The molecule has 5 aromatic rings. The fraction of sp³-hybridized carbons (Fsp3) is 0.0278. The van der Waals surface area contributed by atoms with Crippen LogP contribution in [0.3, 0.4) is 0 Å². The molecule has 3 N–H and O–H groups in total. The van der Waals surface area contributed by atoms with E-state index in [9.17, 15) is 14.4 Å². The van der Waals surface area contributed by atoms with Crippen LogP contribution in [0.1, 0.15) is 26.7 Å². The highest BCUT2D eigenvalue weighted by Crippen LogP contribution is 2.38. The second-order valence-corrected chi connectivity index (χ2v) is 12.3. The van der Waals surface area contributed by atoms with Gasteiger partial charge in [0.25, 0.3) is 11.8 Å². The van der Waals surface area contributed by atoms with Gasteiger partial charge in [-0.15, -0.1) is 11.8 Å². The van der Waals surface area contributed by atoms with Gasteiger partial charge < -0.3 is 16.0 Å². The summed E-state index contributed by atoms with van der Waals surface area (Å²) in [7, 11) is 0. The molecule has 0 saturated heterocycles. The largest absolute Gasteiger partial charge is 0.323 e. The molecular weight excluding hydrogens is 661 g/mol. The summed E-state index contributed by atoms with van der Waals surface area (Å²) in [4.78, 5) is 40.6.